The molecule has 1 unspecified atom stereocenters. The molecular formula is C17H27N3O3. The van der Waals surface area contributed by atoms with E-state index in [0.717, 1.165) is 12.8 Å². The van der Waals surface area contributed by atoms with Gasteiger partial charge in [0.1, 0.15) is 0 Å². The fourth-order valence-corrected chi connectivity index (χ4v) is 3.03. The van der Waals surface area contributed by atoms with Gasteiger partial charge >= 0.3 is 0 Å². The van der Waals surface area contributed by atoms with Crippen LogP contribution >= 0.6 is 0 Å². The van der Waals surface area contributed by atoms with Gasteiger partial charge < -0.3 is 14.8 Å². The molecule has 1 heterocycles. The lowest BCUT2D eigenvalue weighted by atomic mass is 9.82. The molecule has 0 aliphatic heterocycles. The first kappa shape index (κ1) is 17.7. The van der Waals surface area contributed by atoms with E-state index in [2.05, 4.69) is 15.5 Å². The Labute approximate surface area is 137 Å². The van der Waals surface area contributed by atoms with Gasteiger partial charge in [0, 0.05) is 30.7 Å². The van der Waals surface area contributed by atoms with Crippen molar-refractivity contribution >= 4 is 12.0 Å². The van der Waals surface area contributed by atoms with Crippen LogP contribution in [0.3, 0.4) is 0 Å². The predicted molar refractivity (Wildman–Crippen MR) is 87.6 cm³/mol. The maximum Gasteiger partial charge on any atom is 0.244 e. The van der Waals surface area contributed by atoms with Gasteiger partial charge in [-0.25, -0.2) is 0 Å². The van der Waals surface area contributed by atoms with Gasteiger partial charge in [-0.15, -0.1) is 10.2 Å². The van der Waals surface area contributed by atoms with Crippen LogP contribution in [-0.4, -0.2) is 33.9 Å². The normalized spacial score (nSPS) is 17.7. The van der Waals surface area contributed by atoms with E-state index < -0.39 is 0 Å². The molecule has 2 N–H and O–H groups in total. The molecule has 1 aliphatic rings. The van der Waals surface area contributed by atoms with E-state index in [4.69, 9.17) is 4.42 Å². The van der Waals surface area contributed by atoms with Crippen LogP contribution in [0.4, 0.5) is 0 Å². The molecule has 1 fully saturated rings. The van der Waals surface area contributed by atoms with Crippen molar-refractivity contribution in [2.24, 2.45) is 5.92 Å². The molecule has 1 aromatic heterocycles. The number of carbonyl (C=O) groups is 1. The Hall–Kier alpha value is -1.69. The molecule has 6 nitrogen and oxygen atoms in total. The van der Waals surface area contributed by atoms with Gasteiger partial charge in [0.25, 0.3) is 0 Å². The number of hydrogen-bond acceptors (Lipinski definition) is 5. The minimum atomic E-state index is -0.182. The van der Waals surface area contributed by atoms with Crippen molar-refractivity contribution in [2.75, 3.05) is 6.61 Å². The summed E-state index contributed by atoms with van der Waals surface area (Å²) in [5, 5.41) is 20.1. The summed E-state index contributed by atoms with van der Waals surface area (Å²) in [6.45, 7) is 4.03. The minimum Gasteiger partial charge on any atom is -0.421 e. The predicted octanol–water partition coefficient (Wildman–Crippen LogP) is 2.65. The average molecular weight is 321 g/mol. The van der Waals surface area contributed by atoms with E-state index in [1.165, 1.54) is 31.4 Å². The van der Waals surface area contributed by atoms with Gasteiger partial charge in [0.15, 0.2) is 0 Å². The van der Waals surface area contributed by atoms with E-state index in [1.54, 1.807) is 0 Å². The highest BCUT2D eigenvalue weighted by Crippen LogP contribution is 2.27. The number of rotatable bonds is 7. The zero-order valence-corrected chi connectivity index (χ0v) is 14.0. The topological polar surface area (TPSA) is 88.2 Å². The standard InChI is InChI=1S/C17H27N3O3/c1-12(2)17-20-19-16(23-17)9-8-15(22)18-14(10-11-21)13-6-4-3-5-7-13/h8-9,12-14,21H,3-7,10-11H2,1-2H3,(H,18,22)/b9-8+. The van der Waals surface area contributed by atoms with Crippen LogP contribution in [0.2, 0.25) is 0 Å². The van der Waals surface area contributed by atoms with E-state index in [9.17, 15) is 9.90 Å². The molecule has 23 heavy (non-hydrogen) atoms. The van der Waals surface area contributed by atoms with Crippen molar-refractivity contribution in [2.45, 2.75) is 64.3 Å². The number of nitrogens with one attached hydrogen (secondary N) is 1. The quantitative estimate of drug-likeness (QED) is 0.754. The molecular weight excluding hydrogens is 294 g/mol. The van der Waals surface area contributed by atoms with Crippen LogP contribution in [0.5, 0.6) is 0 Å². The lowest BCUT2D eigenvalue weighted by molar-refractivity contribution is -0.117. The highest BCUT2D eigenvalue weighted by atomic mass is 16.4. The zero-order chi connectivity index (χ0) is 16.7. The highest BCUT2D eigenvalue weighted by Gasteiger charge is 2.24. The molecule has 0 bridgehead atoms. The van der Waals surface area contributed by atoms with Gasteiger partial charge in [-0.2, -0.15) is 0 Å². The van der Waals surface area contributed by atoms with Gasteiger partial charge in [-0.1, -0.05) is 33.1 Å². The number of hydrogen-bond donors (Lipinski definition) is 2. The Kier molecular flexibility index (Phi) is 6.77. The van der Waals surface area contributed by atoms with E-state index in [1.807, 2.05) is 13.8 Å². The van der Waals surface area contributed by atoms with Crippen LogP contribution < -0.4 is 5.32 Å². The van der Waals surface area contributed by atoms with E-state index in [0.29, 0.717) is 24.1 Å². The summed E-state index contributed by atoms with van der Waals surface area (Å²) >= 11 is 0. The van der Waals surface area contributed by atoms with Gasteiger partial charge in [0.05, 0.1) is 0 Å². The van der Waals surface area contributed by atoms with Gasteiger partial charge in [-0.05, 0) is 25.2 Å². The smallest absolute Gasteiger partial charge is 0.244 e. The first-order valence-electron chi connectivity index (χ1n) is 8.53. The van der Waals surface area contributed by atoms with Crippen molar-refractivity contribution in [1.82, 2.24) is 15.5 Å². The summed E-state index contributed by atoms with van der Waals surface area (Å²) < 4.78 is 5.44. The molecule has 128 valence electrons. The van der Waals surface area contributed by atoms with Crippen LogP contribution in [0.25, 0.3) is 6.08 Å². The summed E-state index contributed by atoms with van der Waals surface area (Å²) in [5.41, 5.74) is 0. The number of aromatic nitrogens is 2. The molecule has 1 aliphatic carbocycles. The third-order valence-electron chi connectivity index (χ3n) is 4.31. The van der Waals surface area contributed by atoms with Gasteiger partial charge in [-0.3, -0.25) is 4.79 Å². The van der Waals surface area contributed by atoms with Crippen LogP contribution in [0, 0.1) is 5.92 Å². The molecule has 2 rings (SSSR count). The largest absolute Gasteiger partial charge is 0.421 e. The molecule has 0 saturated heterocycles. The van der Waals surface area contributed by atoms with Crippen molar-refractivity contribution < 1.29 is 14.3 Å². The molecule has 6 heteroatoms. The summed E-state index contributed by atoms with van der Waals surface area (Å²) in [6.07, 6.45) is 9.48. The number of amides is 1. The Bertz CT molecular complexity index is 519. The first-order chi connectivity index (χ1) is 11.1. The second kappa shape index (κ2) is 8.82. The molecule has 1 atom stereocenters. The van der Waals surface area contributed by atoms with Gasteiger partial charge in [0.2, 0.25) is 17.7 Å². The Morgan fingerprint density at radius 2 is 2.09 bits per heavy atom. The SMILES string of the molecule is CC(C)c1nnc(/C=C/C(=O)NC(CCO)C2CCCCC2)o1. The van der Waals surface area contributed by atoms with Crippen LogP contribution in [-0.2, 0) is 4.79 Å². The fraction of sp³-hybridized carbons (Fsp3) is 0.706. The second-order valence-corrected chi connectivity index (χ2v) is 6.49. The summed E-state index contributed by atoms with van der Waals surface area (Å²) in [5.74, 6) is 1.34. The van der Waals surface area contributed by atoms with E-state index >= 15 is 0 Å². The number of aliphatic hydroxyl groups is 1. The molecule has 0 spiro atoms. The zero-order valence-electron chi connectivity index (χ0n) is 14.0. The number of nitrogens with zero attached hydrogens (tertiary/aromatic N) is 2. The average Bonchev–Trinajstić information content (AvgIpc) is 3.03. The Morgan fingerprint density at radius 1 is 1.35 bits per heavy atom. The van der Waals surface area contributed by atoms with Crippen molar-refractivity contribution in [3.63, 3.8) is 0 Å². The van der Waals surface area contributed by atoms with Crippen LogP contribution in [0.15, 0.2) is 10.5 Å². The number of aliphatic hydroxyl groups excluding tert-OH is 1. The fourth-order valence-electron chi connectivity index (χ4n) is 3.03. The Morgan fingerprint density at radius 3 is 2.70 bits per heavy atom. The third kappa shape index (κ3) is 5.46. The summed E-state index contributed by atoms with van der Waals surface area (Å²) in [4.78, 5) is 12.1. The molecule has 1 amide bonds. The van der Waals surface area contributed by atoms with E-state index in [-0.39, 0.29) is 24.5 Å². The molecule has 1 aromatic rings. The second-order valence-electron chi connectivity index (χ2n) is 6.49. The maximum absolute atomic E-state index is 12.1. The molecule has 0 aromatic carbocycles. The molecule has 1 saturated carbocycles. The number of carbonyl (C=O) groups excluding carboxylic acids is 1. The summed E-state index contributed by atoms with van der Waals surface area (Å²) in [7, 11) is 0. The highest BCUT2D eigenvalue weighted by molar-refractivity contribution is 5.91. The lowest BCUT2D eigenvalue weighted by Gasteiger charge is -2.30. The lowest BCUT2D eigenvalue weighted by Crippen LogP contribution is -2.41. The molecule has 0 radical (unpaired) electrons. The monoisotopic (exact) mass is 321 g/mol. The minimum absolute atomic E-state index is 0.0337. The van der Waals surface area contributed by atoms with Crippen molar-refractivity contribution in [3.8, 4) is 0 Å². The van der Waals surface area contributed by atoms with Crippen molar-refractivity contribution in [1.29, 1.82) is 0 Å². The first-order valence-corrected chi connectivity index (χ1v) is 8.53. The van der Waals surface area contributed by atoms with Crippen molar-refractivity contribution in [3.05, 3.63) is 17.9 Å². The maximum atomic E-state index is 12.1. The van der Waals surface area contributed by atoms with Crippen LogP contribution in [0.1, 0.15) is 70.1 Å². The Balaban J connectivity index is 1.90. The third-order valence-corrected chi connectivity index (χ3v) is 4.31. The summed E-state index contributed by atoms with van der Waals surface area (Å²) in [6, 6.07) is 0.0337.